The number of hydrogen-bond acceptors (Lipinski definition) is 6. The molecule has 1 atom stereocenters. The predicted molar refractivity (Wildman–Crippen MR) is 109 cm³/mol. The number of aryl methyl sites for hydroxylation is 1. The summed E-state index contributed by atoms with van der Waals surface area (Å²) in [4.78, 5) is 27.9. The Morgan fingerprint density at radius 3 is 2.43 bits per heavy atom. The number of nitrogens with zero attached hydrogens (tertiary/aromatic N) is 1. The Kier molecular flexibility index (Phi) is 6.98. The summed E-state index contributed by atoms with van der Waals surface area (Å²) < 4.78 is 16.3. The van der Waals surface area contributed by atoms with E-state index in [1.807, 2.05) is 30.3 Å². The summed E-state index contributed by atoms with van der Waals surface area (Å²) in [5, 5.41) is 9.17. The van der Waals surface area contributed by atoms with Crippen LogP contribution in [-0.4, -0.2) is 34.7 Å². The van der Waals surface area contributed by atoms with Crippen molar-refractivity contribution >= 4 is 11.9 Å². The minimum Gasteiger partial charge on any atom is -0.479 e. The summed E-state index contributed by atoms with van der Waals surface area (Å²) in [7, 11) is 0. The Morgan fingerprint density at radius 2 is 1.80 bits per heavy atom. The maximum atomic E-state index is 12.3. The Morgan fingerprint density at radius 1 is 1.10 bits per heavy atom. The SMILES string of the molecule is CCO[C@@H](Cc1ccc(OC(=O)Cc2nc(-c3ccccc3)oc2C)cc1)C(=O)O. The van der Waals surface area contributed by atoms with Gasteiger partial charge in [0.25, 0.3) is 0 Å². The van der Waals surface area contributed by atoms with E-state index in [0.29, 0.717) is 29.7 Å². The first-order valence-electron chi connectivity index (χ1n) is 9.62. The monoisotopic (exact) mass is 409 g/mol. The van der Waals surface area contributed by atoms with Gasteiger partial charge < -0.3 is 19.0 Å². The maximum Gasteiger partial charge on any atom is 0.333 e. The zero-order valence-electron chi connectivity index (χ0n) is 16.8. The first kappa shape index (κ1) is 21.3. The molecule has 3 rings (SSSR count). The molecule has 0 saturated heterocycles. The zero-order valence-corrected chi connectivity index (χ0v) is 16.8. The van der Waals surface area contributed by atoms with Gasteiger partial charge in [-0.3, -0.25) is 4.79 Å². The van der Waals surface area contributed by atoms with Crippen molar-refractivity contribution in [2.45, 2.75) is 32.8 Å². The van der Waals surface area contributed by atoms with Crippen LogP contribution in [0.5, 0.6) is 5.75 Å². The van der Waals surface area contributed by atoms with Gasteiger partial charge in [-0.1, -0.05) is 30.3 Å². The third-order valence-electron chi connectivity index (χ3n) is 4.44. The van der Waals surface area contributed by atoms with E-state index < -0.39 is 18.0 Å². The molecule has 0 aliphatic rings. The van der Waals surface area contributed by atoms with Crippen molar-refractivity contribution in [3.8, 4) is 17.2 Å². The summed E-state index contributed by atoms with van der Waals surface area (Å²) in [5.74, 6) is -0.0718. The molecule has 1 aromatic heterocycles. The molecule has 0 fully saturated rings. The Balaban J connectivity index is 1.60. The smallest absolute Gasteiger partial charge is 0.333 e. The number of ether oxygens (including phenoxy) is 2. The lowest BCUT2D eigenvalue weighted by Crippen LogP contribution is -2.26. The molecule has 0 amide bonds. The number of benzene rings is 2. The van der Waals surface area contributed by atoms with Crippen LogP contribution >= 0.6 is 0 Å². The minimum absolute atomic E-state index is 0.0185. The number of esters is 1. The van der Waals surface area contributed by atoms with E-state index in [9.17, 15) is 9.59 Å². The van der Waals surface area contributed by atoms with Crippen molar-refractivity contribution in [3.63, 3.8) is 0 Å². The van der Waals surface area contributed by atoms with Crippen molar-refractivity contribution in [1.29, 1.82) is 0 Å². The number of rotatable bonds is 9. The lowest BCUT2D eigenvalue weighted by Gasteiger charge is -2.12. The van der Waals surface area contributed by atoms with Crippen molar-refractivity contribution in [1.82, 2.24) is 4.98 Å². The Labute approximate surface area is 174 Å². The van der Waals surface area contributed by atoms with Crippen LogP contribution in [0.4, 0.5) is 0 Å². The van der Waals surface area contributed by atoms with Gasteiger partial charge in [-0.2, -0.15) is 0 Å². The molecule has 2 aromatic carbocycles. The summed E-state index contributed by atoms with van der Waals surface area (Å²) in [6.45, 7) is 3.83. The number of hydrogen-bond donors (Lipinski definition) is 1. The lowest BCUT2D eigenvalue weighted by atomic mass is 10.1. The van der Waals surface area contributed by atoms with Gasteiger partial charge in [0.15, 0.2) is 6.10 Å². The number of carbonyl (C=O) groups excluding carboxylic acids is 1. The van der Waals surface area contributed by atoms with Crippen LogP contribution in [0.1, 0.15) is 23.9 Å². The second-order valence-corrected chi connectivity index (χ2v) is 6.67. The van der Waals surface area contributed by atoms with Crippen molar-refractivity contribution < 1.29 is 28.6 Å². The van der Waals surface area contributed by atoms with Crippen LogP contribution in [0.2, 0.25) is 0 Å². The standard InChI is InChI=1S/C23H23NO6/c1-3-28-20(23(26)27)13-16-9-11-18(12-10-16)30-21(25)14-19-15(2)29-22(24-19)17-7-5-4-6-8-17/h4-12,20H,3,13-14H2,1-2H3,(H,26,27)/t20-/m0/s1. The average Bonchev–Trinajstić information content (AvgIpc) is 3.10. The maximum absolute atomic E-state index is 12.3. The van der Waals surface area contributed by atoms with E-state index in [1.165, 1.54) is 0 Å². The Bertz CT molecular complexity index is 994. The van der Waals surface area contributed by atoms with Crippen LogP contribution in [-0.2, 0) is 27.2 Å². The number of carboxylic acids is 1. The van der Waals surface area contributed by atoms with Crippen molar-refractivity contribution in [3.05, 3.63) is 71.6 Å². The fraction of sp³-hybridized carbons (Fsp3) is 0.261. The minimum atomic E-state index is -1.01. The first-order chi connectivity index (χ1) is 14.5. The fourth-order valence-corrected chi connectivity index (χ4v) is 2.93. The fourth-order valence-electron chi connectivity index (χ4n) is 2.93. The molecule has 0 saturated carbocycles. The van der Waals surface area contributed by atoms with Gasteiger partial charge in [-0.25, -0.2) is 9.78 Å². The number of oxazole rings is 1. The van der Waals surface area contributed by atoms with Crippen LogP contribution in [0, 0.1) is 6.92 Å². The molecule has 7 nitrogen and oxygen atoms in total. The summed E-state index contributed by atoms with van der Waals surface area (Å²) in [6.07, 6.45) is -0.690. The predicted octanol–water partition coefficient (Wildman–Crippen LogP) is 3.83. The third-order valence-corrected chi connectivity index (χ3v) is 4.44. The van der Waals surface area contributed by atoms with Gasteiger partial charge in [0.1, 0.15) is 11.5 Å². The van der Waals surface area contributed by atoms with E-state index >= 15 is 0 Å². The zero-order chi connectivity index (χ0) is 21.5. The molecule has 0 spiro atoms. The van der Waals surface area contributed by atoms with E-state index in [0.717, 1.165) is 11.1 Å². The molecule has 0 unspecified atom stereocenters. The molecule has 1 N–H and O–H groups in total. The molecule has 7 heteroatoms. The first-order valence-corrected chi connectivity index (χ1v) is 9.62. The second kappa shape index (κ2) is 9.84. The summed E-state index contributed by atoms with van der Waals surface area (Å²) in [6, 6.07) is 16.1. The quantitative estimate of drug-likeness (QED) is 0.423. The highest BCUT2D eigenvalue weighted by atomic mass is 16.5. The molecular formula is C23H23NO6. The van der Waals surface area contributed by atoms with E-state index in [1.54, 1.807) is 38.1 Å². The van der Waals surface area contributed by atoms with Gasteiger partial charge in [-0.05, 0) is 43.7 Å². The molecule has 0 radical (unpaired) electrons. The van der Waals surface area contributed by atoms with Crippen molar-refractivity contribution in [2.75, 3.05) is 6.61 Å². The number of carboxylic acid groups (broad SMARTS) is 1. The molecule has 30 heavy (non-hydrogen) atoms. The normalized spacial score (nSPS) is 11.8. The molecule has 3 aromatic rings. The van der Waals surface area contributed by atoms with Gasteiger partial charge in [0, 0.05) is 18.6 Å². The van der Waals surface area contributed by atoms with Crippen LogP contribution in [0.15, 0.2) is 59.0 Å². The highest BCUT2D eigenvalue weighted by Crippen LogP contribution is 2.22. The van der Waals surface area contributed by atoms with E-state index in [2.05, 4.69) is 4.98 Å². The van der Waals surface area contributed by atoms with Crippen LogP contribution < -0.4 is 4.74 Å². The van der Waals surface area contributed by atoms with E-state index in [-0.39, 0.29) is 12.8 Å². The lowest BCUT2D eigenvalue weighted by molar-refractivity contribution is -0.150. The summed E-state index contributed by atoms with van der Waals surface area (Å²) in [5.41, 5.74) is 2.13. The van der Waals surface area contributed by atoms with Crippen LogP contribution in [0.3, 0.4) is 0 Å². The molecule has 0 bridgehead atoms. The second-order valence-electron chi connectivity index (χ2n) is 6.67. The molecule has 1 heterocycles. The molecule has 0 aliphatic carbocycles. The summed E-state index contributed by atoms with van der Waals surface area (Å²) >= 11 is 0. The molecule has 0 aliphatic heterocycles. The highest BCUT2D eigenvalue weighted by molar-refractivity contribution is 5.75. The third kappa shape index (κ3) is 5.55. The largest absolute Gasteiger partial charge is 0.479 e. The number of carbonyl (C=O) groups is 2. The molecule has 156 valence electrons. The number of aliphatic carboxylic acids is 1. The highest BCUT2D eigenvalue weighted by Gasteiger charge is 2.19. The van der Waals surface area contributed by atoms with Gasteiger partial charge >= 0.3 is 11.9 Å². The van der Waals surface area contributed by atoms with Crippen molar-refractivity contribution in [2.24, 2.45) is 0 Å². The Hall–Kier alpha value is -3.45. The average molecular weight is 409 g/mol. The van der Waals surface area contributed by atoms with Crippen LogP contribution in [0.25, 0.3) is 11.5 Å². The van der Waals surface area contributed by atoms with Gasteiger partial charge in [0.2, 0.25) is 5.89 Å². The van der Waals surface area contributed by atoms with E-state index in [4.69, 9.17) is 19.0 Å². The topological polar surface area (TPSA) is 98.9 Å². The van der Waals surface area contributed by atoms with Gasteiger partial charge in [-0.15, -0.1) is 0 Å². The molecular weight excluding hydrogens is 386 g/mol. The number of aromatic nitrogens is 1. The van der Waals surface area contributed by atoms with Gasteiger partial charge in [0.05, 0.1) is 12.1 Å².